The highest BCUT2D eigenvalue weighted by Gasteiger charge is 2.34. The molecule has 1 rings (SSSR count). The molecule has 1 aliphatic heterocycles. The van der Waals surface area contributed by atoms with Gasteiger partial charge in [-0.2, -0.15) is 0 Å². The first-order valence-corrected chi connectivity index (χ1v) is 11.5. The van der Waals surface area contributed by atoms with Crippen LogP contribution in [-0.4, -0.2) is 46.5 Å². The van der Waals surface area contributed by atoms with Crippen molar-refractivity contribution >= 4 is 16.2 Å². The highest BCUT2D eigenvalue weighted by molar-refractivity contribution is 7.56. The molecule has 2 nitrogen and oxygen atoms in total. The van der Waals surface area contributed by atoms with E-state index in [0.29, 0.717) is 17.4 Å². The molecule has 0 aromatic rings. The third kappa shape index (κ3) is 5.72. The molecule has 0 amide bonds. The maximum atomic E-state index is 6.42. The molecule has 1 atom stereocenters. The Bertz CT molecular complexity index is 279. The molecular formula is C17H37NOP2. The van der Waals surface area contributed by atoms with E-state index in [1.807, 2.05) is 0 Å². The Morgan fingerprint density at radius 3 is 1.86 bits per heavy atom. The molecule has 0 aromatic heterocycles. The van der Waals surface area contributed by atoms with Crippen LogP contribution in [0.1, 0.15) is 68.2 Å². The van der Waals surface area contributed by atoms with Gasteiger partial charge in [0, 0.05) is 20.7 Å². The fraction of sp³-hybridized carbons (Fsp3) is 1.00. The van der Waals surface area contributed by atoms with Gasteiger partial charge in [-0.05, 0) is 43.5 Å². The molecule has 1 heterocycles. The zero-order valence-electron chi connectivity index (χ0n) is 15.5. The lowest BCUT2D eigenvalue weighted by Gasteiger charge is -2.39. The summed E-state index contributed by atoms with van der Waals surface area (Å²) in [5.41, 5.74) is 2.92. The van der Waals surface area contributed by atoms with Gasteiger partial charge in [0.05, 0.1) is 6.61 Å². The first-order valence-electron chi connectivity index (χ1n) is 8.71. The van der Waals surface area contributed by atoms with Crippen molar-refractivity contribution in [3.8, 4) is 0 Å². The molecule has 1 fully saturated rings. The monoisotopic (exact) mass is 333 g/mol. The van der Waals surface area contributed by atoms with Crippen LogP contribution < -0.4 is 0 Å². The Balaban J connectivity index is 2.65. The number of hydrogen-bond acceptors (Lipinski definition) is 2. The van der Waals surface area contributed by atoms with Gasteiger partial charge in [-0.3, -0.25) is 4.67 Å². The first-order chi connectivity index (χ1) is 9.75. The van der Waals surface area contributed by atoms with E-state index in [9.17, 15) is 0 Å². The van der Waals surface area contributed by atoms with Gasteiger partial charge in [-0.1, -0.05) is 55.4 Å². The summed E-state index contributed by atoms with van der Waals surface area (Å²) in [7, 11) is -0.303. The third-order valence-electron chi connectivity index (χ3n) is 4.13. The van der Waals surface area contributed by atoms with Crippen LogP contribution in [0.3, 0.4) is 0 Å². The molecule has 21 heavy (non-hydrogen) atoms. The van der Waals surface area contributed by atoms with Crippen molar-refractivity contribution in [3.63, 3.8) is 0 Å². The van der Waals surface area contributed by atoms with E-state index in [1.54, 1.807) is 0 Å². The molecule has 0 spiro atoms. The second-order valence-electron chi connectivity index (χ2n) is 7.37. The summed E-state index contributed by atoms with van der Waals surface area (Å²) in [4.78, 5) is 0. The molecule has 4 heteroatoms. The summed E-state index contributed by atoms with van der Waals surface area (Å²) in [6, 6.07) is 0.670. The van der Waals surface area contributed by atoms with E-state index in [-0.39, 0.29) is 16.2 Å². The Morgan fingerprint density at radius 1 is 0.905 bits per heavy atom. The van der Waals surface area contributed by atoms with Crippen LogP contribution in [0.5, 0.6) is 0 Å². The maximum Gasteiger partial charge on any atom is 0.0668 e. The van der Waals surface area contributed by atoms with Gasteiger partial charge >= 0.3 is 0 Å². The summed E-state index contributed by atoms with van der Waals surface area (Å²) in [5, 5.41) is 0. The van der Waals surface area contributed by atoms with Crippen molar-refractivity contribution in [2.75, 3.05) is 13.2 Å². The van der Waals surface area contributed by atoms with E-state index >= 15 is 0 Å². The van der Waals surface area contributed by atoms with Crippen molar-refractivity contribution in [1.82, 2.24) is 4.67 Å². The molecule has 0 aromatic carbocycles. The van der Waals surface area contributed by atoms with Crippen molar-refractivity contribution < 1.29 is 4.52 Å². The van der Waals surface area contributed by atoms with Gasteiger partial charge in [-0.25, -0.2) is 0 Å². The van der Waals surface area contributed by atoms with E-state index < -0.39 is 0 Å². The van der Waals surface area contributed by atoms with Gasteiger partial charge in [0.15, 0.2) is 0 Å². The van der Waals surface area contributed by atoms with Crippen LogP contribution in [0, 0.1) is 0 Å². The SMILES string of the molecule is CC(C)P(OCC1CCCN1P(C(C)C)C(C)C)C(C)C. The summed E-state index contributed by atoms with van der Waals surface area (Å²) >= 11 is 0. The van der Waals surface area contributed by atoms with Crippen LogP contribution >= 0.6 is 16.2 Å². The molecule has 0 saturated carbocycles. The van der Waals surface area contributed by atoms with E-state index in [4.69, 9.17) is 4.52 Å². The average Bonchev–Trinajstić information content (AvgIpc) is 2.75. The number of hydrogen-bond donors (Lipinski definition) is 0. The molecule has 0 radical (unpaired) electrons. The minimum absolute atomic E-state index is 0.0200. The van der Waals surface area contributed by atoms with E-state index in [1.165, 1.54) is 19.4 Å². The minimum atomic E-state index is -0.283. The maximum absolute atomic E-state index is 6.42. The average molecular weight is 333 g/mol. The van der Waals surface area contributed by atoms with Crippen LogP contribution in [0.15, 0.2) is 0 Å². The van der Waals surface area contributed by atoms with Crippen LogP contribution in [0.2, 0.25) is 0 Å². The summed E-state index contributed by atoms with van der Waals surface area (Å²) in [6.07, 6.45) is 2.69. The summed E-state index contributed by atoms with van der Waals surface area (Å²) < 4.78 is 9.24. The van der Waals surface area contributed by atoms with Crippen LogP contribution in [0.4, 0.5) is 0 Å². The lowest BCUT2D eigenvalue weighted by Crippen LogP contribution is -2.33. The van der Waals surface area contributed by atoms with Gasteiger partial charge in [-0.15, -0.1) is 0 Å². The lowest BCUT2D eigenvalue weighted by molar-refractivity contribution is 0.251. The first kappa shape index (κ1) is 19.8. The Labute approximate surface area is 136 Å². The number of nitrogens with zero attached hydrogens (tertiary/aromatic N) is 1. The van der Waals surface area contributed by atoms with Gasteiger partial charge < -0.3 is 4.52 Å². The largest absolute Gasteiger partial charge is 0.357 e. The predicted molar refractivity (Wildman–Crippen MR) is 100 cm³/mol. The van der Waals surface area contributed by atoms with Crippen molar-refractivity contribution in [2.24, 2.45) is 0 Å². The quantitative estimate of drug-likeness (QED) is 0.513. The zero-order chi connectivity index (χ0) is 16.2. The van der Waals surface area contributed by atoms with Crippen molar-refractivity contribution in [2.45, 2.75) is 96.9 Å². The van der Waals surface area contributed by atoms with Crippen LogP contribution in [0.25, 0.3) is 0 Å². The van der Waals surface area contributed by atoms with Crippen molar-refractivity contribution in [1.29, 1.82) is 0 Å². The molecular weight excluding hydrogens is 296 g/mol. The van der Waals surface area contributed by atoms with Gasteiger partial charge in [0.2, 0.25) is 0 Å². The molecule has 1 aliphatic rings. The van der Waals surface area contributed by atoms with Gasteiger partial charge in [0.1, 0.15) is 0 Å². The van der Waals surface area contributed by atoms with Crippen molar-refractivity contribution in [3.05, 3.63) is 0 Å². The van der Waals surface area contributed by atoms with E-state index in [0.717, 1.165) is 17.9 Å². The fourth-order valence-electron chi connectivity index (χ4n) is 3.55. The molecule has 0 bridgehead atoms. The summed E-state index contributed by atoms with van der Waals surface area (Å²) in [5.74, 6) is 0. The smallest absolute Gasteiger partial charge is 0.0668 e. The highest BCUT2D eigenvalue weighted by atomic mass is 31.1. The molecule has 0 N–H and O–H groups in total. The highest BCUT2D eigenvalue weighted by Crippen LogP contribution is 2.54. The second-order valence-corrected chi connectivity index (χ2v) is 13.8. The van der Waals surface area contributed by atoms with E-state index in [2.05, 4.69) is 60.1 Å². The van der Waals surface area contributed by atoms with Crippen LogP contribution in [-0.2, 0) is 4.52 Å². The third-order valence-corrected chi connectivity index (χ3v) is 9.85. The molecule has 1 saturated heterocycles. The predicted octanol–water partition coefficient (Wildman–Crippen LogP) is 5.89. The lowest BCUT2D eigenvalue weighted by atomic mass is 10.2. The molecule has 126 valence electrons. The normalized spacial score (nSPS) is 21.1. The molecule has 0 aliphatic carbocycles. The summed E-state index contributed by atoms with van der Waals surface area (Å²) in [6.45, 7) is 21.1. The Kier molecular flexibility index (Phi) is 8.65. The Hall–Kier alpha value is 0.780. The Morgan fingerprint density at radius 2 is 1.43 bits per heavy atom. The minimum Gasteiger partial charge on any atom is -0.357 e. The zero-order valence-corrected chi connectivity index (χ0v) is 17.3. The topological polar surface area (TPSA) is 12.5 Å². The second kappa shape index (κ2) is 9.17. The number of rotatable bonds is 8. The standard InChI is InChI=1S/C17H37NOP2/c1-13(2)20(14(3)4)18-11-9-10-17(18)12-19-21(15(5)6)16(7)8/h13-17H,9-12H2,1-8H3. The fourth-order valence-corrected chi connectivity index (χ4v) is 8.99. The molecule has 1 unspecified atom stereocenters. The van der Waals surface area contributed by atoms with Gasteiger partial charge in [0.25, 0.3) is 0 Å².